The molecule has 1 fully saturated rings. The van der Waals surface area contributed by atoms with E-state index in [1.807, 2.05) is 13.8 Å². The molecule has 0 aromatic heterocycles. The number of hydrogen-bond donors (Lipinski definition) is 2. The normalized spacial score (nSPS) is 26.5. The summed E-state index contributed by atoms with van der Waals surface area (Å²) in [6.07, 6.45) is 2.04. The summed E-state index contributed by atoms with van der Waals surface area (Å²) in [5.41, 5.74) is -1.34. The third-order valence-corrected chi connectivity index (χ3v) is 3.70. The molecule has 2 atom stereocenters. The molecule has 15 heavy (non-hydrogen) atoms. The van der Waals surface area contributed by atoms with Crippen LogP contribution in [0, 0.1) is 5.92 Å². The Hall–Kier alpha value is -0.0551. The average molecular weight is 214 g/mol. The smallest absolute Gasteiger partial charge is 0.279 e. The Morgan fingerprint density at radius 1 is 1.33 bits per heavy atom. The minimum Gasteiger partial charge on any atom is -0.432 e. The van der Waals surface area contributed by atoms with Crippen LogP contribution in [-0.4, -0.2) is 35.5 Å². The van der Waals surface area contributed by atoms with Crippen molar-refractivity contribution in [3.63, 3.8) is 0 Å². The zero-order valence-electron chi connectivity index (χ0n) is 10.3. The van der Waals surface area contributed by atoms with Gasteiger partial charge in [0, 0.05) is 6.61 Å². The van der Waals surface area contributed by atoms with Gasteiger partial charge in [0.05, 0.1) is 11.2 Å². The van der Waals surface area contributed by atoms with Gasteiger partial charge < -0.3 is 14.9 Å². The van der Waals surface area contributed by atoms with Crippen LogP contribution in [0.3, 0.4) is 0 Å². The predicted molar refractivity (Wildman–Crippen MR) is 62.2 cm³/mol. The maximum atomic E-state index is 9.88. The first-order valence-electron chi connectivity index (χ1n) is 5.75. The Bertz CT molecular complexity index is 210. The van der Waals surface area contributed by atoms with Crippen LogP contribution in [0.2, 0.25) is 5.82 Å². The van der Waals surface area contributed by atoms with E-state index in [4.69, 9.17) is 9.76 Å². The molecule has 0 bridgehead atoms. The zero-order chi connectivity index (χ0) is 11.7. The van der Waals surface area contributed by atoms with Gasteiger partial charge in [-0.2, -0.15) is 0 Å². The molecule has 0 radical (unpaired) electrons. The van der Waals surface area contributed by atoms with Gasteiger partial charge in [-0.25, -0.2) is 0 Å². The molecule has 0 aromatic carbocycles. The summed E-state index contributed by atoms with van der Waals surface area (Å²) in [5, 5.41) is 18.7. The molecule has 2 unspecified atom stereocenters. The van der Waals surface area contributed by atoms with Crippen LogP contribution < -0.4 is 0 Å². The molecule has 0 aliphatic heterocycles. The monoisotopic (exact) mass is 214 g/mol. The van der Waals surface area contributed by atoms with Gasteiger partial charge in [0.25, 0.3) is 7.48 Å². The van der Waals surface area contributed by atoms with Crippen molar-refractivity contribution in [2.75, 3.05) is 6.61 Å². The van der Waals surface area contributed by atoms with Crippen molar-refractivity contribution in [2.24, 2.45) is 5.92 Å². The number of aliphatic hydroxyl groups is 2. The Kier molecular flexibility index (Phi) is 3.85. The standard InChI is InChI=1S/C11H23BO3/c1-10(2,14)11(3,4)15-12-9-7-8(9)5-6-13/h8-9,12-14H,5-7H2,1-4H3. The third-order valence-electron chi connectivity index (χ3n) is 3.70. The lowest BCUT2D eigenvalue weighted by Gasteiger charge is -2.37. The van der Waals surface area contributed by atoms with Crippen molar-refractivity contribution >= 4 is 7.48 Å². The third kappa shape index (κ3) is 3.47. The van der Waals surface area contributed by atoms with E-state index >= 15 is 0 Å². The highest BCUT2D eigenvalue weighted by Crippen LogP contribution is 2.47. The summed E-state index contributed by atoms with van der Waals surface area (Å²) < 4.78 is 5.76. The largest absolute Gasteiger partial charge is 0.432 e. The van der Waals surface area contributed by atoms with E-state index in [2.05, 4.69) is 0 Å². The Balaban J connectivity index is 2.26. The van der Waals surface area contributed by atoms with Crippen LogP contribution in [0.25, 0.3) is 0 Å². The maximum absolute atomic E-state index is 9.88. The highest BCUT2D eigenvalue weighted by molar-refractivity contribution is 6.31. The zero-order valence-corrected chi connectivity index (χ0v) is 10.3. The van der Waals surface area contributed by atoms with Crippen molar-refractivity contribution in [2.45, 2.75) is 57.6 Å². The molecule has 1 aliphatic carbocycles. The second-order valence-corrected chi connectivity index (χ2v) is 5.65. The van der Waals surface area contributed by atoms with Crippen molar-refractivity contribution in [3.05, 3.63) is 0 Å². The first kappa shape index (κ1) is 13.0. The van der Waals surface area contributed by atoms with Gasteiger partial charge in [-0.3, -0.25) is 0 Å². The second kappa shape index (κ2) is 4.44. The Morgan fingerprint density at radius 3 is 2.40 bits per heavy atom. The molecule has 1 aliphatic rings. The van der Waals surface area contributed by atoms with Gasteiger partial charge in [0.15, 0.2) is 0 Å². The van der Waals surface area contributed by atoms with Crippen LogP contribution in [0.1, 0.15) is 40.5 Å². The average Bonchev–Trinajstić information content (AvgIpc) is 2.79. The molecule has 0 heterocycles. The summed E-state index contributed by atoms with van der Waals surface area (Å²) in [7, 11) is 0.696. The van der Waals surface area contributed by atoms with E-state index in [0.29, 0.717) is 19.2 Å². The molecule has 0 amide bonds. The molecular weight excluding hydrogens is 191 g/mol. The van der Waals surface area contributed by atoms with Crippen LogP contribution >= 0.6 is 0 Å². The summed E-state index contributed by atoms with van der Waals surface area (Å²) in [6, 6.07) is 0. The van der Waals surface area contributed by atoms with Crippen LogP contribution in [0.15, 0.2) is 0 Å². The molecule has 1 rings (SSSR count). The van der Waals surface area contributed by atoms with Gasteiger partial charge in [-0.05, 0) is 45.9 Å². The summed E-state index contributed by atoms with van der Waals surface area (Å²) in [4.78, 5) is 0. The van der Waals surface area contributed by atoms with E-state index in [0.717, 1.165) is 12.8 Å². The van der Waals surface area contributed by atoms with Crippen molar-refractivity contribution in [1.29, 1.82) is 0 Å². The van der Waals surface area contributed by atoms with E-state index in [1.54, 1.807) is 13.8 Å². The van der Waals surface area contributed by atoms with Crippen molar-refractivity contribution < 1.29 is 14.9 Å². The minimum atomic E-state index is -0.825. The number of rotatable bonds is 6. The summed E-state index contributed by atoms with van der Waals surface area (Å²) >= 11 is 0. The van der Waals surface area contributed by atoms with Crippen LogP contribution in [0.5, 0.6) is 0 Å². The van der Waals surface area contributed by atoms with E-state index in [-0.39, 0.29) is 6.61 Å². The summed E-state index contributed by atoms with van der Waals surface area (Å²) in [5.74, 6) is 1.21. The summed E-state index contributed by atoms with van der Waals surface area (Å²) in [6.45, 7) is 7.64. The fourth-order valence-electron chi connectivity index (χ4n) is 1.53. The second-order valence-electron chi connectivity index (χ2n) is 5.65. The quantitative estimate of drug-likeness (QED) is 0.651. The van der Waals surface area contributed by atoms with Gasteiger partial charge in [-0.1, -0.05) is 6.42 Å². The number of aliphatic hydroxyl groups excluding tert-OH is 1. The van der Waals surface area contributed by atoms with Crippen LogP contribution in [-0.2, 0) is 4.65 Å². The fraction of sp³-hybridized carbons (Fsp3) is 1.00. The first-order chi connectivity index (χ1) is 6.78. The SMILES string of the molecule is CC(C)(O)C(C)(C)OBC1CC1CCO. The maximum Gasteiger partial charge on any atom is 0.279 e. The molecule has 2 N–H and O–H groups in total. The molecule has 1 saturated carbocycles. The Labute approximate surface area is 93.1 Å². The molecule has 0 spiro atoms. The lowest BCUT2D eigenvalue weighted by molar-refractivity contribution is -0.0906. The van der Waals surface area contributed by atoms with Gasteiger partial charge >= 0.3 is 0 Å². The highest BCUT2D eigenvalue weighted by atomic mass is 16.5. The molecule has 4 heteroatoms. The van der Waals surface area contributed by atoms with Crippen molar-refractivity contribution in [3.8, 4) is 0 Å². The van der Waals surface area contributed by atoms with Gasteiger partial charge in [0.2, 0.25) is 0 Å². The molecular formula is C11H23BO3. The Morgan fingerprint density at radius 2 is 1.93 bits per heavy atom. The molecule has 88 valence electrons. The van der Waals surface area contributed by atoms with E-state index in [1.165, 1.54) is 0 Å². The molecule has 0 saturated heterocycles. The lowest BCUT2D eigenvalue weighted by atomic mass is 9.83. The predicted octanol–water partition coefficient (Wildman–Crippen LogP) is 1.09. The molecule has 0 aromatic rings. The highest BCUT2D eigenvalue weighted by Gasteiger charge is 2.42. The minimum absolute atomic E-state index is 0.274. The topological polar surface area (TPSA) is 49.7 Å². The van der Waals surface area contributed by atoms with Gasteiger partial charge in [0.1, 0.15) is 0 Å². The van der Waals surface area contributed by atoms with Crippen molar-refractivity contribution in [1.82, 2.24) is 0 Å². The fourth-order valence-corrected chi connectivity index (χ4v) is 1.53. The van der Waals surface area contributed by atoms with E-state index in [9.17, 15) is 5.11 Å². The van der Waals surface area contributed by atoms with E-state index < -0.39 is 11.2 Å². The lowest BCUT2D eigenvalue weighted by Crippen LogP contribution is -2.48. The molecule has 3 nitrogen and oxygen atoms in total. The van der Waals surface area contributed by atoms with Crippen LogP contribution in [0.4, 0.5) is 0 Å². The number of hydrogen-bond acceptors (Lipinski definition) is 3. The first-order valence-corrected chi connectivity index (χ1v) is 5.75. The van der Waals surface area contributed by atoms with Gasteiger partial charge in [-0.15, -0.1) is 0 Å².